The first-order chi connectivity index (χ1) is 12.5. The van der Waals surface area contributed by atoms with Gasteiger partial charge in [0.2, 0.25) is 11.0 Å². The van der Waals surface area contributed by atoms with E-state index in [0.717, 1.165) is 12.8 Å². The molecule has 1 aliphatic carbocycles. The predicted molar refractivity (Wildman–Crippen MR) is 97.4 cm³/mol. The first-order valence-electron chi connectivity index (χ1n) is 8.27. The zero-order valence-electron chi connectivity index (χ0n) is 13.9. The number of carboxylic acids is 1. The van der Waals surface area contributed by atoms with Crippen LogP contribution < -0.4 is 10.1 Å². The van der Waals surface area contributed by atoms with E-state index in [1.807, 2.05) is 0 Å². The third-order valence-electron chi connectivity index (χ3n) is 4.29. The van der Waals surface area contributed by atoms with Crippen molar-refractivity contribution in [2.45, 2.75) is 32.3 Å². The first kappa shape index (κ1) is 18.6. The number of aliphatic carboxylic acids is 1. The minimum absolute atomic E-state index is 0.219. The number of ether oxygens (including phenoxy) is 1. The summed E-state index contributed by atoms with van der Waals surface area (Å²) in [6.07, 6.45) is 2.81. The van der Waals surface area contributed by atoms with Crippen molar-refractivity contribution in [2.24, 2.45) is 11.8 Å². The van der Waals surface area contributed by atoms with E-state index < -0.39 is 17.8 Å². The molecule has 26 heavy (non-hydrogen) atoms. The lowest BCUT2D eigenvalue weighted by molar-refractivity contribution is -0.147. The number of carboxylic acid groups (broad SMARTS) is 1. The van der Waals surface area contributed by atoms with Gasteiger partial charge in [-0.3, -0.25) is 9.59 Å². The maximum Gasteiger partial charge on any atom is 0.307 e. The Balaban J connectivity index is 1.56. The molecule has 3 rings (SSSR count). The Kier molecular flexibility index (Phi) is 6.05. The Hall–Kier alpha value is -2.19. The van der Waals surface area contributed by atoms with Gasteiger partial charge in [0.15, 0.2) is 5.01 Å². The second-order valence-corrected chi connectivity index (χ2v) is 7.57. The van der Waals surface area contributed by atoms with E-state index in [1.54, 1.807) is 24.3 Å². The van der Waals surface area contributed by atoms with E-state index in [-0.39, 0.29) is 12.5 Å². The number of carbonyl (C=O) groups excluding carboxylic acids is 1. The van der Waals surface area contributed by atoms with Crippen LogP contribution in [0, 0.1) is 11.8 Å². The topological polar surface area (TPSA) is 101 Å². The van der Waals surface area contributed by atoms with E-state index in [0.29, 0.717) is 33.8 Å². The number of benzene rings is 1. The van der Waals surface area contributed by atoms with Crippen molar-refractivity contribution >= 4 is 39.9 Å². The van der Waals surface area contributed by atoms with Crippen molar-refractivity contribution in [3.63, 3.8) is 0 Å². The molecule has 1 aromatic carbocycles. The van der Waals surface area contributed by atoms with Crippen molar-refractivity contribution in [2.75, 3.05) is 5.32 Å². The van der Waals surface area contributed by atoms with Crippen molar-refractivity contribution < 1.29 is 19.4 Å². The molecular formula is C17H18ClN3O4S. The second-order valence-electron chi connectivity index (χ2n) is 6.07. The average molecular weight is 396 g/mol. The Morgan fingerprint density at radius 2 is 1.88 bits per heavy atom. The first-order valence-corrected chi connectivity index (χ1v) is 9.47. The predicted octanol–water partition coefficient (Wildman–Crippen LogP) is 3.60. The molecule has 1 saturated carbocycles. The van der Waals surface area contributed by atoms with Crippen LogP contribution >= 0.6 is 22.9 Å². The quantitative estimate of drug-likeness (QED) is 0.774. The van der Waals surface area contributed by atoms with Gasteiger partial charge in [0.05, 0.1) is 11.8 Å². The van der Waals surface area contributed by atoms with Crippen LogP contribution in [0.25, 0.3) is 0 Å². The summed E-state index contributed by atoms with van der Waals surface area (Å²) < 4.78 is 5.59. The van der Waals surface area contributed by atoms with E-state index in [4.69, 9.17) is 16.3 Å². The molecule has 0 saturated heterocycles. The molecule has 1 heterocycles. The molecule has 0 aliphatic heterocycles. The Morgan fingerprint density at radius 1 is 1.19 bits per heavy atom. The number of halogens is 1. The molecule has 2 N–H and O–H groups in total. The zero-order valence-corrected chi connectivity index (χ0v) is 15.4. The lowest BCUT2D eigenvalue weighted by Gasteiger charge is -2.26. The molecule has 2 unspecified atom stereocenters. The number of hydrogen-bond acceptors (Lipinski definition) is 6. The van der Waals surface area contributed by atoms with Crippen molar-refractivity contribution in [1.82, 2.24) is 10.2 Å². The third kappa shape index (κ3) is 4.70. The molecule has 1 fully saturated rings. The summed E-state index contributed by atoms with van der Waals surface area (Å²) >= 11 is 7.03. The van der Waals surface area contributed by atoms with Gasteiger partial charge >= 0.3 is 5.97 Å². The molecule has 0 radical (unpaired) electrons. The van der Waals surface area contributed by atoms with Crippen LogP contribution in [-0.4, -0.2) is 27.2 Å². The summed E-state index contributed by atoms with van der Waals surface area (Å²) in [6, 6.07) is 6.96. The maximum atomic E-state index is 12.4. The highest BCUT2D eigenvalue weighted by Crippen LogP contribution is 2.31. The van der Waals surface area contributed by atoms with Gasteiger partial charge in [-0.1, -0.05) is 35.8 Å². The van der Waals surface area contributed by atoms with Crippen LogP contribution in [0.5, 0.6) is 5.75 Å². The molecule has 1 aliphatic rings. The summed E-state index contributed by atoms with van der Waals surface area (Å²) in [5, 5.41) is 21.5. The fourth-order valence-corrected chi connectivity index (χ4v) is 3.76. The van der Waals surface area contributed by atoms with Crippen LogP contribution in [0.15, 0.2) is 24.3 Å². The number of rotatable bonds is 6. The van der Waals surface area contributed by atoms with Gasteiger partial charge in [0, 0.05) is 5.02 Å². The minimum Gasteiger partial charge on any atom is -0.486 e. The summed E-state index contributed by atoms with van der Waals surface area (Å²) in [6.45, 7) is 0.219. The van der Waals surface area contributed by atoms with Crippen LogP contribution in [0.2, 0.25) is 5.02 Å². The van der Waals surface area contributed by atoms with Gasteiger partial charge in [-0.15, -0.1) is 10.2 Å². The highest BCUT2D eigenvalue weighted by molar-refractivity contribution is 7.15. The number of hydrogen-bond donors (Lipinski definition) is 2. The summed E-state index contributed by atoms with van der Waals surface area (Å²) in [5.74, 6) is -1.73. The largest absolute Gasteiger partial charge is 0.486 e. The third-order valence-corrected chi connectivity index (χ3v) is 5.36. The number of carbonyl (C=O) groups is 2. The van der Waals surface area contributed by atoms with Gasteiger partial charge in [-0.2, -0.15) is 0 Å². The van der Waals surface area contributed by atoms with Crippen LogP contribution in [0.1, 0.15) is 30.7 Å². The van der Waals surface area contributed by atoms with Crippen molar-refractivity contribution in [1.29, 1.82) is 0 Å². The van der Waals surface area contributed by atoms with Gasteiger partial charge in [-0.05, 0) is 37.1 Å². The number of amides is 1. The van der Waals surface area contributed by atoms with Crippen molar-refractivity contribution in [3.8, 4) is 5.75 Å². The molecule has 0 spiro atoms. The Morgan fingerprint density at radius 3 is 2.58 bits per heavy atom. The fraction of sp³-hybridized carbons (Fsp3) is 0.412. The maximum absolute atomic E-state index is 12.4. The van der Waals surface area contributed by atoms with E-state index >= 15 is 0 Å². The van der Waals surface area contributed by atoms with Gasteiger partial charge < -0.3 is 15.2 Å². The zero-order chi connectivity index (χ0) is 18.5. The number of nitrogens with one attached hydrogen (secondary N) is 1. The summed E-state index contributed by atoms with van der Waals surface area (Å²) in [7, 11) is 0. The molecule has 138 valence electrons. The average Bonchev–Trinajstić information content (AvgIpc) is 3.08. The number of anilines is 1. The molecule has 2 aromatic rings. The fourth-order valence-electron chi connectivity index (χ4n) is 2.98. The van der Waals surface area contributed by atoms with E-state index in [2.05, 4.69) is 15.5 Å². The Bertz CT molecular complexity index is 781. The smallest absolute Gasteiger partial charge is 0.307 e. The molecule has 9 heteroatoms. The minimum atomic E-state index is -0.917. The number of nitrogens with zero attached hydrogens (tertiary/aromatic N) is 2. The number of aromatic nitrogens is 2. The molecule has 2 atom stereocenters. The second kappa shape index (κ2) is 8.46. The van der Waals surface area contributed by atoms with Crippen LogP contribution in [-0.2, 0) is 16.2 Å². The Labute approximate surface area is 159 Å². The van der Waals surface area contributed by atoms with Gasteiger partial charge in [0.25, 0.3) is 0 Å². The molecule has 1 amide bonds. The van der Waals surface area contributed by atoms with Crippen molar-refractivity contribution in [3.05, 3.63) is 34.3 Å². The lowest BCUT2D eigenvalue weighted by Crippen LogP contribution is -2.36. The summed E-state index contributed by atoms with van der Waals surface area (Å²) in [4.78, 5) is 23.8. The normalized spacial score (nSPS) is 19.7. The van der Waals surface area contributed by atoms with E-state index in [9.17, 15) is 14.7 Å². The highest BCUT2D eigenvalue weighted by Gasteiger charge is 2.36. The van der Waals surface area contributed by atoms with Crippen LogP contribution in [0.3, 0.4) is 0 Å². The standard InChI is InChI=1S/C17H18ClN3O4S/c18-10-5-7-11(8-6-10)25-9-14-20-21-17(26-14)19-15(22)12-3-1-2-4-13(12)16(23)24/h5-8,12-13H,1-4,9H2,(H,23,24)(H,19,21,22). The van der Waals surface area contributed by atoms with Gasteiger partial charge in [-0.25, -0.2) is 0 Å². The molecule has 0 bridgehead atoms. The molecule has 7 nitrogen and oxygen atoms in total. The van der Waals surface area contributed by atoms with Gasteiger partial charge in [0.1, 0.15) is 12.4 Å². The molecule has 1 aromatic heterocycles. The lowest BCUT2D eigenvalue weighted by atomic mass is 9.79. The van der Waals surface area contributed by atoms with E-state index in [1.165, 1.54) is 11.3 Å². The van der Waals surface area contributed by atoms with Crippen LogP contribution in [0.4, 0.5) is 5.13 Å². The molecular weight excluding hydrogens is 378 g/mol. The highest BCUT2D eigenvalue weighted by atomic mass is 35.5. The SMILES string of the molecule is O=C(O)C1CCCCC1C(=O)Nc1nnc(COc2ccc(Cl)cc2)s1. The monoisotopic (exact) mass is 395 g/mol. The summed E-state index contributed by atoms with van der Waals surface area (Å²) in [5.41, 5.74) is 0.